The molecule has 174 valence electrons. The zero-order valence-corrected chi connectivity index (χ0v) is 20.1. The Morgan fingerprint density at radius 2 is 1.91 bits per heavy atom. The molecule has 0 spiro atoms. The lowest BCUT2D eigenvalue weighted by molar-refractivity contribution is 0.334. The fourth-order valence-corrected chi connectivity index (χ4v) is 4.72. The van der Waals surface area contributed by atoms with E-state index in [1.807, 2.05) is 32.1 Å². The SMILES string of the molecule is C=CC(C)C1CCc2c(-c3ccc(F)cc3)nc(-c3ccnc(C)c3)nc2C1/C=C(\C)C(=C)N. The van der Waals surface area contributed by atoms with E-state index in [1.54, 1.807) is 18.3 Å². The molecule has 3 aromatic rings. The van der Waals surface area contributed by atoms with E-state index in [4.69, 9.17) is 15.7 Å². The van der Waals surface area contributed by atoms with Gasteiger partial charge in [-0.1, -0.05) is 25.7 Å². The van der Waals surface area contributed by atoms with Gasteiger partial charge >= 0.3 is 0 Å². The zero-order chi connectivity index (χ0) is 24.4. The normalized spacial score (nSPS) is 18.8. The van der Waals surface area contributed by atoms with Gasteiger partial charge in [0.2, 0.25) is 0 Å². The maximum Gasteiger partial charge on any atom is 0.160 e. The van der Waals surface area contributed by atoms with Crippen molar-refractivity contribution in [2.75, 3.05) is 0 Å². The standard InChI is InChI=1S/C29H31FN4/c1-6-17(2)24-11-12-25-27(21-7-9-23(30)10-8-21)33-29(22-13-14-32-19(4)16-22)34-28(25)26(24)15-18(3)20(5)31/h6-10,13-17,24,26H,1,5,11-12,31H2,2-4H3/b18-15+. The van der Waals surface area contributed by atoms with Gasteiger partial charge in [0.1, 0.15) is 5.82 Å². The van der Waals surface area contributed by atoms with Gasteiger partial charge in [0.15, 0.2) is 5.82 Å². The lowest BCUT2D eigenvalue weighted by Gasteiger charge is -2.35. The molecule has 4 nitrogen and oxygen atoms in total. The van der Waals surface area contributed by atoms with Crippen LogP contribution in [0.15, 0.2) is 79.2 Å². The minimum absolute atomic E-state index is 0.0286. The van der Waals surface area contributed by atoms with Crippen molar-refractivity contribution in [3.63, 3.8) is 0 Å². The zero-order valence-electron chi connectivity index (χ0n) is 20.1. The van der Waals surface area contributed by atoms with Crippen molar-refractivity contribution in [1.82, 2.24) is 15.0 Å². The van der Waals surface area contributed by atoms with Gasteiger partial charge in [0.05, 0.1) is 11.4 Å². The lowest BCUT2D eigenvalue weighted by atomic mass is 9.70. The highest BCUT2D eigenvalue weighted by atomic mass is 19.1. The van der Waals surface area contributed by atoms with Gasteiger partial charge in [0.25, 0.3) is 0 Å². The summed E-state index contributed by atoms with van der Waals surface area (Å²) in [6.07, 6.45) is 7.78. The molecule has 0 saturated carbocycles. The summed E-state index contributed by atoms with van der Waals surface area (Å²) in [7, 11) is 0. The molecule has 5 heteroatoms. The third-order valence-electron chi connectivity index (χ3n) is 6.80. The predicted octanol–water partition coefficient (Wildman–Crippen LogP) is 6.54. The molecular weight excluding hydrogens is 423 g/mol. The van der Waals surface area contributed by atoms with Gasteiger partial charge < -0.3 is 5.73 Å². The Hall–Kier alpha value is -3.60. The monoisotopic (exact) mass is 454 g/mol. The average Bonchev–Trinajstić information content (AvgIpc) is 2.83. The van der Waals surface area contributed by atoms with Crippen LogP contribution < -0.4 is 5.73 Å². The second-order valence-electron chi connectivity index (χ2n) is 9.15. The predicted molar refractivity (Wildman–Crippen MR) is 136 cm³/mol. The summed E-state index contributed by atoms with van der Waals surface area (Å²) in [6, 6.07) is 10.4. The largest absolute Gasteiger partial charge is 0.399 e. The van der Waals surface area contributed by atoms with Crippen LogP contribution in [-0.4, -0.2) is 15.0 Å². The highest BCUT2D eigenvalue weighted by Crippen LogP contribution is 2.44. The third kappa shape index (κ3) is 4.69. The first kappa shape index (κ1) is 23.6. The molecule has 0 radical (unpaired) electrons. The first-order chi connectivity index (χ1) is 16.3. The maximum atomic E-state index is 13.7. The fourth-order valence-electron chi connectivity index (χ4n) is 4.72. The summed E-state index contributed by atoms with van der Waals surface area (Å²) < 4.78 is 13.7. The third-order valence-corrected chi connectivity index (χ3v) is 6.80. The van der Waals surface area contributed by atoms with E-state index in [9.17, 15) is 4.39 Å². The molecule has 34 heavy (non-hydrogen) atoms. The summed E-state index contributed by atoms with van der Waals surface area (Å²) in [5.74, 6) is 1.01. The molecule has 0 bridgehead atoms. The molecule has 2 N–H and O–H groups in total. The number of aryl methyl sites for hydroxylation is 1. The van der Waals surface area contributed by atoms with Crippen LogP contribution in [0.1, 0.15) is 43.1 Å². The number of hydrogen-bond donors (Lipinski definition) is 1. The Morgan fingerprint density at radius 1 is 1.18 bits per heavy atom. The molecule has 1 aliphatic rings. The molecule has 0 aliphatic heterocycles. The second kappa shape index (κ2) is 9.72. The van der Waals surface area contributed by atoms with Gasteiger partial charge in [-0.3, -0.25) is 4.98 Å². The van der Waals surface area contributed by atoms with E-state index in [1.165, 1.54) is 12.1 Å². The molecule has 4 rings (SSSR count). The Kier molecular flexibility index (Phi) is 6.73. The number of nitrogens with zero attached hydrogens (tertiary/aromatic N) is 3. The lowest BCUT2D eigenvalue weighted by Crippen LogP contribution is -2.27. The summed E-state index contributed by atoms with van der Waals surface area (Å²) >= 11 is 0. The Morgan fingerprint density at radius 3 is 2.56 bits per heavy atom. The quantitative estimate of drug-likeness (QED) is 0.339. The van der Waals surface area contributed by atoms with E-state index >= 15 is 0 Å². The van der Waals surface area contributed by atoms with E-state index in [2.05, 4.69) is 31.1 Å². The number of rotatable bonds is 6. The highest BCUT2D eigenvalue weighted by molar-refractivity contribution is 5.69. The first-order valence-electron chi connectivity index (χ1n) is 11.6. The molecule has 3 unspecified atom stereocenters. The fraction of sp³-hybridized carbons (Fsp3) is 0.276. The van der Waals surface area contributed by atoms with Crippen molar-refractivity contribution in [2.24, 2.45) is 17.6 Å². The first-order valence-corrected chi connectivity index (χ1v) is 11.6. The van der Waals surface area contributed by atoms with E-state index < -0.39 is 0 Å². The van der Waals surface area contributed by atoms with Crippen LogP contribution in [0.3, 0.4) is 0 Å². The summed E-state index contributed by atoms with van der Waals surface area (Å²) in [5, 5.41) is 0. The van der Waals surface area contributed by atoms with Crippen LogP contribution in [0.5, 0.6) is 0 Å². The molecule has 2 heterocycles. The number of benzene rings is 1. The van der Waals surface area contributed by atoms with Crippen LogP contribution in [-0.2, 0) is 6.42 Å². The summed E-state index contributed by atoms with van der Waals surface area (Å²) in [4.78, 5) is 14.4. The Balaban J connectivity index is 1.99. The van der Waals surface area contributed by atoms with Gasteiger partial charge in [-0.25, -0.2) is 14.4 Å². The van der Waals surface area contributed by atoms with Crippen molar-refractivity contribution in [1.29, 1.82) is 0 Å². The van der Waals surface area contributed by atoms with Crippen molar-refractivity contribution in [3.8, 4) is 22.6 Å². The number of fused-ring (bicyclic) bond motifs is 1. The molecule has 0 fully saturated rings. The minimum atomic E-state index is -0.269. The molecule has 0 amide bonds. The molecule has 3 atom stereocenters. The van der Waals surface area contributed by atoms with E-state index in [-0.39, 0.29) is 11.7 Å². The van der Waals surface area contributed by atoms with E-state index in [0.29, 0.717) is 23.4 Å². The Labute approximate surface area is 201 Å². The van der Waals surface area contributed by atoms with Gasteiger partial charge in [-0.05, 0) is 80.5 Å². The second-order valence-corrected chi connectivity index (χ2v) is 9.15. The number of nitrogens with two attached hydrogens (primary N) is 1. The molecule has 0 saturated heterocycles. The van der Waals surface area contributed by atoms with Crippen LogP contribution >= 0.6 is 0 Å². The van der Waals surface area contributed by atoms with Crippen molar-refractivity contribution < 1.29 is 4.39 Å². The maximum absolute atomic E-state index is 13.7. The van der Waals surface area contributed by atoms with Crippen molar-refractivity contribution >= 4 is 0 Å². The number of allylic oxidation sites excluding steroid dienone is 3. The Bertz CT molecular complexity index is 1260. The molecule has 1 aliphatic carbocycles. The van der Waals surface area contributed by atoms with Gasteiger partial charge in [0, 0.05) is 40.2 Å². The van der Waals surface area contributed by atoms with Crippen LogP contribution in [0.2, 0.25) is 0 Å². The number of halogens is 1. The smallest absolute Gasteiger partial charge is 0.160 e. The van der Waals surface area contributed by atoms with Crippen molar-refractivity contribution in [2.45, 2.75) is 39.5 Å². The molecular formula is C29H31FN4. The molecule has 1 aromatic carbocycles. The van der Waals surface area contributed by atoms with Crippen molar-refractivity contribution in [3.05, 3.63) is 102 Å². The topological polar surface area (TPSA) is 64.7 Å². The number of pyridine rings is 1. The summed E-state index contributed by atoms with van der Waals surface area (Å²) in [6.45, 7) is 14.1. The van der Waals surface area contributed by atoms with E-state index in [0.717, 1.165) is 52.2 Å². The average molecular weight is 455 g/mol. The minimum Gasteiger partial charge on any atom is -0.399 e. The highest BCUT2D eigenvalue weighted by Gasteiger charge is 2.34. The number of hydrogen-bond acceptors (Lipinski definition) is 4. The van der Waals surface area contributed by atoms with Crippen LogP contribution in [0.25, 0.3) is 22.6 Å². The van der Waals surface area contributed by atoms with Crippen LogP contribution in [0.4, 0.5) is 4.39 Å². The van der Waals surface area contributed by atoms with Gasteiger partial charge in [-0.2, -0.15) is 0 Å². The van der Waals surface area contributed by atoms with Gasteiger partial charge in [-0.15, -0.1) is 6.58 Å². The molecule has 2 aromatic heterocycles. The van der Waals surface area contributed by atoms with Crippen LogP contribution in [0, 0.1) is 24.6 Å². The summed E-state index contributed by atoms with van der Waals surface area (Å²) in [5.41, 5.74) is 13.2. The number of aromatic nitrogens is 3.